The minimum absolute atomic E-state index is 0.0550. The van der Waals surface area contributed by atoms with Gasteiger partial charge in [-0.2, -0.15) is 4.58 Å². The molecule has 3 heteroatoms. The van der Waals surface area contributed by atoms with Crippen LogP contribution in [0.3, 0.4) is 0 Å². The molecule has 0 fully saturated rings. The number of hydrogen-bond donors (Lipinski definition) is 0. The smallest absolute Gasteiger partial charge is 0.218 e. The van der Waals surface area contributed by atoms with Gasteiger partial charge in [-0.1, -0.05) is 58.4 Å². The molecule has 0 aliphatic carbocycles. The number of allylic oxidation sites excluding steroid dienone is 2. The maximum Gasteiger partial charge on any atom is 0.405 e. The molecule has 1 heterocycles. The summed E-state index contributed by atoms with van der Waals surface area (Å²) in [7, 11) is 0. The topological polar surface area (TPSA) is 20.1 Å². The minimum Gasteiger partial charge on any atom is -0.218 e. The van der Waals surface area contributed by atoms with Gasteiger partial charge in [-0.15, -0.1) is 0 Å². The van der Waals surface area contributed by atoms with Crippen LogP contribution in [-0.4, -0.2) is 21.5 Å². The van der Waals surface area contributed by atoms with Crippen molar-refractivity contribution in [3.05, 3.63) is 59.7 Å². The first kappa shape index (κ1) is 13.0. The van der Waals surface area contributed by atoms with Crippen LogP contribution in [0.25, 0.3) is 0 Å². The zero-order valence-electron chi connectivity index (χ0n) is 10.3. The van der Waals surface area contributed by atoms with E-state index in [9.17, 15) is 4.79 Å². The Balaban J connectivity index is 2.25. The molecule has 2 rings (SSSR count). The van der Waals surface area contributed by atoms with Crippen LogP contribution in [-0.2, 0) is 11.3 Å². The third kappa shape index (κ3) is 2.67. The summed E-state index contributed by atoms with van der Waals surface area (Å²) in [5.74, 6) is 0.0550. The third-order valence-electron chi connectivity index (χ3n) is 2.90. The summed E-state index contributed by atoms with van der Waals surface area (Å²) in [6.45, 7) is 6.39. The molecule has 0 radical (unpaired) electrons. The number of amides is 1. The summed E-state index contributed by atoms with van der Waals surface area (Å²) < 4.78 is 1.72. The van der Waals surface area contributed by atoms with E-state index in [-0.39, 0.29) is 10.7 Å². The predicted molar refractivity (Wildman–Crippen MR) is 77.1 cm³/mol. The Morgan fingerprint density at radius 2 is 2.06 bits per heavy atom. The maximum atomic E-state index is 12.2. The lowest BCUT2D eigenvalue weighted by atomic mass is 10.0. The van der Waals surface area contributed by atoms with Crippen molar-refractivity contribution in [3.63, 3.8) is 0 Å². The number of nitrogens with zero attached hydrogens (tertiary/aromatic N) is 1. The average Bonchev–Trinajstić information content (AvgIpc) is 2.36. The van der Waals surface area contributed by atoms with E-state index in [1.54, 1.807) is 4.58 Å². The fourth-order valence-corrected chi connectivity index (χ4v) is 2.68. The van der Waals surface area contributed by atoms with Crippen LogP contribution in [0.4, 0.5) is 0 Å². The molecule has 1 unspecified atom stereocenters. The van der Waals surface area contributed by atoms with Crippen LogP contribution in [0.2, 0.25) is 0 Å². The Morgan fingerprint density at radius 1 is 1.39 bits per heavy atom. The van der Waals surface area contributed by atoms with Crippen molar-refractivity contribution >= 4 is 28.1 Å². The number of rotatable bonds is 3. The van der Waals surface area contributed by atoms with E-state index in [1.165, 1.54) is 0 Å². The van der Waals surface area contributed by atoms with Gasteiger partial charge in [-0.05, 0) is 12.5 Å². The monoisotopic (exact) mass is 304 g/mol. The van der Waals surface area contributed by atoms with Crippen LogP contribution in [0.1, 0.15) is 12.5 Å². The summed E-state index contributed by atoms with van der Waals surface area (Å²) in [5.41, 5.74) is 2.99. The van der Waals surface area contributed by atoms with E-state index in [2.05, 4.69) is 22.5 Å². The molecular weight excluding hydrogens is 290 g/mol. The molecule has 0 bridgehead atoms. The van der Waals surface area contributed by atoms with Gasteiger partial charge in [0.15, 0.2) is 17.6 Å². The average molecular weight is 305 g/mol. The molecule has 92 valence electrons. The standard InChI is InChI=1S/C15H15BrNO/c1-11(2)13-8-9-17(15(18)14(13)16)10-12-6-4-3-5-7-12/h3-9,14H,1,10H2,2H3/q+1. The molecule has 0 saturated carbocycles. The Bertz CT molecular complexity index is 543. The highest BCUT2D eigenvalue weighted by Gasteiger charge is 2.33. The van der Waals surface area contributed by atoms with Gasteiger partial charge in [-0.25, -0.2) is 4.79 Å². The molecule has 0 saturated heterocycles. The lowest BCUT2D eigenvalue weighted by Crippen LogP contribution is -2.33. The number of alkyl halides is 1. The van der Waals surface area contributed by atoms with E-state index in [1.807, 2.05) is 49.5 Å². The number of hydrogen-bond acceptors (Lipinski definition) is 1. The molecule has 0 aromatic heterocycles. The molecule has 0 spiro atoms. The first-order chi connectivity index (χ1) is 8.59. The second kappa shape index (κ2) is 5.44. The second-order valence-corrected chi connectivity index (χ2v) is 5.28. The van der Waals surface area contributed by atoms with Crippen molar-refractivity contribution in [3.8, 4) is 0 Å². The van der Waals surface area contributed by atoms with Crippen LogP contribution in [0.15, 0.2) is 54.1 Å². The molecule has 0 N–H and O–H groups in total. The zero-order chi connectivity index (χ0) is 13.1. The Kier molecular flexibility index (Phi) is 3.92. The van der Waals surface area contributed by atoms with Crippen molar-refractivity contribution < 1.29 is 9.37 Å². The molecule has 18 heavy (non-hydrogen) atoms. The van der Waals surface area contributed by atoms with Crippen molar-refractivity contribution in [1.29, 1.82) is 0 Å². The maximum absolute atomic E-state index is 12.2. The molecule has 1 aromatic carbocycles. The van der Waals surface area contributed by atoms with Crippen LogP contribution < -0.4 is 0 Å². The Hall–Kier alpha value is -1.48. The Labute approximate surface area is 115 Å². The molecule has 2 nitrogen and oxygen atoms in total. The summed E-state index contributed by atoms with van der Waals surface area (Å²) in [6.07, 6.45) is 3.78. The SMILES string of the molecule is C=C(C)C1=CC=[N+](Cc2ccccc2)C(=O)C1Br. The minimum atomic E-state index is -0.288. The molecule has 1 aromatic rings. The summed E-state index contributed by atoms with van der Waals surface area (Å²) in [5, 5.41) is 0. The van der Waals surface area contributed by atoms with Gasteiger partial charge in [0.25, 0.3) is 0 Å². The van der Waals surface area contributed by atoms with Gasteiger partial charge in [0.1, 0.15) is 0 Å². The largest absolute Gasteiger partial charge is 0.405 e. The molecule has 1 amide bonds. The first-order valence-corrected chi connectivity index (χ1v) is 6.70. The van der Waals surface area contributed by atoms with Crippen LogP contribution in [0, 0.1) is 0 Å². The Morgan fingerprint density at radius 3 is 2.67 bits per heavy atom. The van der Waals surface area contributed by atoms with Gasteiger partial charge in [0.05, 0.1) is 0 Å². The van der Waals surface area contributed by atoms with Crippen molar-refractivity contribution in [2.75, 3.05) is 0 Å². The molecule has 1 aliphatic heterocycles. The van der Waals surface area contributed by atoms with Gasteiger partial charge < -0.3 is 0 Å². The van der Waals surface area contributed by atoms with E-state index >= 15 is 0 Å². The summed E-state index contributed by atoms with van der Waals surface area (Å²) in [4.78, 5) is 11.9. The number of carbonyl (C=O) groups is 1. The van der Waals surface area contributed by atoms with E-state index in [0.717, 1.165) is 16.7 Å². The van der Waals surface area contributed by atoms with Gasteiger partial charge in [-0.3, -0.25) is 0 Å². The molecule has 1 atom stereocenters. The number of carbonyl (C=O) groups excluding carboxylic acids is 1. The quantitative estimate of drug-likeness (QED) is 0.621. The van der Waals surface area contributed by atoms with Crippen molar-refractivity contribution in [2.45, 2.75) is 18.3 Å². The van der Waals surface area contributed by atoms with Gasteiger partial charge in [0, 0.05) is 11.6 Å². The van der Waals surface area contributed by atoms with Gasteiger partial charge in [0.2, 0.25) is 0 Å². The normalized spacial score (nSPS) is 19.2. The first-order valence-electron chi connectivity index (χ1n) is 5.79. The molecule has 1 aliphatic rings. The summed E-state index contributed by atoms with van der Waals surface area (Å²) >= 11 is 3.43. The van der Waals surface area contributed by atoms with Crippen LogP contribution in [0.5, 0.6) is 0 Å². The highest BCUT2D eigenvalue weighted by Crippen LogP contribution is 2.22. The second-order valence-electron chi connectivity index (χ2n) is 4.37. The van der Waals surface area contributed by atoms with Crippen molar-refractivity contribution in [2.24, 2.45) is 0 Å². The predicted octanol–water partition coefficient (Wildman–Crippen LogP) is 3.08. The third-order valence-corrected chi connectivity index (χ3v) is 3.78. The number of benzene rings is 1. The molecular formula is C15H15BrNO+. The van der Waals surface area contributed by atoms with Crippen LogP contribution >= 0.6 is 15.9 Å². The van der Waals surface area contributed by atoms with E-state index in [4.69, 9.17) is 0 Å². The highest BCUT2D eigenvalue weighted by molar-refractivity contribution is 9.10. The number of halogens is 1. The lowest BCUT2D eigenvalue weighted by Gasteiger charge is -2.14. The van der Waals surface area contributed by atoms with E-state index < -0.39 is 0 Å². The lowest BCUT2D eigenvalue weighted by molar-refractivity contribution is -0.459. The zero-order valence-corrected chi connectivity index (χ0v) is 11.9. The van der Waals surface area contributed by atoms with Gasteiger partial charge >= 0.3 is 5.91 Å². The fourth-order valence-electron chi connectivity index (χ4n) is 1.88. The van der Waals surface area contributed by atoms with E-state index in [0.29, 0.717) is 6.54 Å². The highest BCUT2D eigenvalue weighted by atomic mass is 79.9. The summed E-state index contributed by atoms with van der Waals surface area (Å²) in [6, 6.07) is 9.96. The fraction of sp³-hybridized carbons (Fsp3) is 0.200. The van der Waals surface area contributed by atoms with Crippen molar-refractivity contribution in [1.82, 2.24) is 0 Å².